The molecule has 2 aromatic carbocycles. The van der Waals surface area contributed by atoms with Crippen molar-refractivity contribution >= 4 is 28.1 Å². The van der Waals surface area contributed by atoms with Crippen molar-refractivity contribution in [2.24, 2.45) is 5.10 Å². The second-order valence-electron chi connectivity index (χ2n) is 5.29. The summed E-state index contributed by atoms with van der Waals surface area (Å²) in [5, 5.41) is 4.01. The summed E-state index contributed by atoms with van der Waals surface area (Å²) in [5.74, 6) is 1.05. The quantitative estimate of drug-likeness (QED) is 0.402. The van der Waals surface area contributed by atoms with Crippen LogP contribution in [0.4, 0.5) is 0 Å². The van der Waals surface area contributed by atoms with Crippen molar-refractivity contribution in [1.82, 2.24) is 5.43 Å². The average molecular weight is 405 g/mol. The van der Waals surface area contributed by atoms with Crippen LogP contribution in [0.1, 0.15) is 35.7 Å². The van der Waals surface area contributed by atoms with Crippen molar-refractivity contribution in [3.05, 3.63) is 58.1 Å². The van der Waals surface area contributed by atoms with E-state index in [1.54, 1.807) is 25.5 Å². The van der Waals surface area contributed by atoms with Gasteiger partial charge in [-0.05, 0) is 58.2 Å². The zero-order valence-electron chi connectivity index (χ0n) is 14.3. The highest BCUT2D eigenvalue weighted by Crippen LogP contribution is 2.27. The third-order valence-electron chi connectivity index (χ3n) is 3.44. The maximum atomic E-state index is 12.1. The van der Waals surface area contributed by atoms with E-state index < -0.39 is 0 Å². The van der Waals surface area contributed by atoms with Gasteiger partial charge in [-0.15, -0.1) is 0 Å². The zero-order chi connectivity index (χ0) is 18.1. The third-order valence-corrected chi connectivity index (χ3v) is 4.13. The van der Waals surface area contributed by atoms with Crippen LogP contribution in [-0.2, 0) is 0 Å². The topological polar surface area (TPSA) is 59.9 Å². The smallest absolute Gasteiger partial charge is 0.272 e. The van der Waals surface area contributed by atoms with Crippen molar-refractivity contribution in [2.45, 2.75) is 19.8 Å². The van der Waals surface area contributed by atoms with Crippen LogP contribution in [0, 0.1) is 0 Å². The van der Waals surface area contributed by atoms with E-state index in [9.17, 15) is 4.79 Å². The summed E-state index contributed by atoms with van der Waals surface area (Å²) in [6.07, 6.45) is 3.61. The fourth-order valence-corrected chi connectivity index (χ4v) is 2.55. The maximum Gasteiger partial charge on any atom is 0.272 e. The number of halogens is 1. The molecular weight excluding hydrogens is 384 g/mol. The Bertz CT molecular complexity index is 747. The van der Waals surface area contributed by atoms with Crippen LogP contribution in [0.15, 0.2) is 52.0 Å². The molecule has 0 spiro atoms. The van der Waals surface area contributed by atoms with Crippen LogP contribution < -0.4 is 14.9 Å². The Hall–Kier alpha value is -2.34. The Balaban J connectivity index is 2.04. The minimum absolute atomic E-state index is 0.281. The molecule has 132 valence electrons. The van der Waals surface area contributed by atoms with E-state index in [1.165, 1.54) is 0 Å². The lowest BCUT2D eigenvalue weighted by Crippen LogP contribution is -2.18. The lowest BCUT2D eigenvalue weighted by atomic mass is 10.2. The van der Waals surface area contributed by atoms with Gasteiger partial charge in [0.2, 0.25) is 0 Å². The fourth-order valence-electron chi connectivity index (χ4n) is 2.08. The number of hydrogen-bond acceptors (Lipinski definition) is 4. The van der Waals surface area contributed by atoms with Crippen LogP contribution in [0.5, 0.6) is 11.5 Å². The summed E-state index contributed by atoms with van der Waals surface area (Å²) >= 11 is 3.35. The number of methoxy groups -OCH3 is 1. The maximum absolute atomic E-state index is 12.1. The zero-order valence-corrected chi connectivity index (χ0v) is 15.9. The molecule has 1 amide bonds. The second-order valence-corrected chi connectivity index (χ2v) is 6.15. The standard InChI is InChI=1S/C19H21BrN2O3/c1-3-4-11-25-18-12-14(9-10-17(18)24-2)13-21-22-19(23)15-7-5-6-8-16(15)20/h5-10,12-13H,3-4,11H2,1-2H3,(H,22,23)/b21-13-. The second kappa shape index (κ2) is 9.84. The Morgan fingerprint density at radius 1 is 1.24 bits per heavy atom. The first-order chi connectivity index (χ1) is 12.2. The van der Waals surface area contributed by atoms with Gasteiger partial charge in [0.25, 0.3) is 5.91 Å². The number of carbonyl (C=O) groups excluding carboxylic acids is 1. The van der Waals surface area contributed by atoms with Gasteiger partial charge < -0.3 is 9.47 Å². The summed E-state index contributed by atoms with van der Waals surface area (Å²) in [7, 11) is 1.60. The number of unbranched alkanes of at least 4 members (excludes halogenated alkanes) is 1. The van der Waals surface area contributed by atoms with E-state index in [-0.39, 0.29) is 5.91 Å². The number of rotatable bonds is 8. The number of nitrogens with one attached hydrogen (secondary N) is 1. The van der Waals surface area contributed by atoms with Gasteiger partial charge in [0.05, 0.1) is 25.5 Å². The molecule has 6 heteroatoms. The first-order valence-electron chi connectivity index (χ1n) is 8.04. The number of nitrogens with zero attached hydrogens (tertiary/aromatic N) is 1. The largest absolute Gasteiger partial charge is 0.493 e. The number of ether oxygens (including phenoxy) is 2. The van der Waals surface area contributed by atoms with Gasteiger partial charge in [-0.1, -0.05) is 25.5 Å². The molecule has 0 fully saturated rings. The molecule has 2 aromatic rings. The van der Waals surface area contributed by atoms with E-state index in [0.29, 0.717) is 23.7 Å². The Labute approximate surface area is 156 Å². The molecule has 2 rings (SSSR count). The molecule has 0 atom stereocenters. The molecule has 0 saturated carbocycles. The van der Waals surface area contributed by atoms with Gasteiger partial charge in [0.1, 0.15) is 0 Å². The highest BCUT2D eigenvalue weighted by Gasteiger charge is 2.08. The first-order valence-corrected chi connectivity index (χ1v) is 8.83. The van der Waals surface area contributed by atoms with Crippen LogP contribution in [0.3, 0.4) is 0 Å². The number of carbonyl (C=O) groups is 1. The Morgan fingerprint density at radius 2 is 2.04 bits per heavy atom. The van der Waals surface area contributed by atoms with E-state index in [2.05, 4.69) is 33.4 Å². The van der Waals surface area contributed by atoms with Gasteiger partial charge >= 0.3 is 0 Å². The van der Waals surface area contributed by atoms with Crippen molar-refractivity contribution in [3.63, 3.8) is 0 Å². The molecule has 0 aliphatic carbocycles. The summed E-state index contributed by atoms with van der Waals surface area (Å²) in [6.45, 7) is 2.74. The molecule has 0 aliphatic rings. The van der Waals surface area contributed by atoms with Crippen molar-refractivity contribution in [1.29, 1.82) is 0 Å². The normalized spacial score (nSPS) is 10.7. The Morgan fingerprint density at radius 3 is 2.76 bits per heavy atom. The number of amides is 1. The molecule has 0 aliphatic heterocycles. The molecule has 1 N–H and O–H groups in total. The summed E-state index contributed by atoms with van der Waals surface area (Å²) in [4.78, 5) is 12.1. The summed E-state index contributed by atoms with van der Waals surface area (Å²) < 4.78 is 11.8. The number of benzene rings is 2. The predicted octanol–water partition coefficient (Wildman–Crippen LogP) is 4.40. The monoisotopic (exact) mass is 404 g/mol. The molecule has 0 saturated heterocycles. The molecule has 0 radical (unpaired) electrons. The van der Waals surface area contributed by atoms with E-state index in [4.69, 9.17) is 9.47 Å². The molecular formula is C19H21BrN2O3. The van der Waals surface area contributed by atoms with E-state index in [1.807, 2.05) is 30.3 Å². The van der Waals surface area contributed by atoms with Crippen LogP contribution in [0.25, 0.3) is 0 Å². The first kappa shape index (κ1) is 19.0. The van der Waals surface area contributed by atoms with Crippen LogP contribution in [0.2, 0.25) is 0 Å². The lowest BCUT2D eigenvalue weighted by molar-refractivity contribution is 0.0954. The summed E-state index contributed by atoms with van der Waals surface area (Å²) in [6, 6.07) is 12.7. The summed E-state index contributed by atoms with van der Waals surface area (Å²) in [5.41, 5.74) is 3.85. The third kappa shape index (κ3) is 5.60. The van der Waals surface area contributed by atoms with E-state index in [0.717, 1.165) is 22.9 Å². The van der Waals surface area contributed by atoms with Crippen molar-refractivity contribution in [3.8, 4) is 11.5 Å². The number of hydrazone groups is 1. The highest BCUT2D eigenvalue weighted by atomic mass is 79.9. The molecule has 0 unspecified atom stereocenters. The Kier molecular flexibility index (Phi) is 7.47. The molecule has 25 heavy (non-hydrogen) atoms. The average Bonchev–Trinajstić information content (AvgIpc) is 2.62. The van der Waals surface area contributed by atoms with Crippen molar-refractivity contribution < 1.29 is 14.3 Å². The van der Waals surface area contributed by atoms with Gasteiger partial charge in [-0.3, -0.25) is 4.79 Å². The van der Waals surface area contributed by atoms with Gasteiger partial charge in [-0.2, -0.15) is 5.10 Å². The van der Waals surface area contributed by atoms with E-state index >= 15 is 0 Å². The van der Waals surface area contributed by atoms with Gasteiger partial charge in [-0.25, -0.2) is 5.43 Å². The lowest BCUT2D eigenvalue weighted by Gasteiger charge is -2.10. The van der Waals surface area contributed by atoms with Crippen molar-refractivity contribution in [2.75, 3.05) is 13.7 Å². The predicted molar refractivity (Wildman–Crippen MR) is 103 cm³/mol. The van der Waals surface area contributed by atoms with Crippen LogP contribution in [-0.4, -0.2) is 25.8 Å². The molecule has 0 aromatic heterocycles. The SMILES string of the molecule is CCCCOc1cc(/C=N\NC(=O)c2ccccc2Br)ccc1OC. The minimum Gasteiger partial charge on any atom is -0.493 e. The number of hydrogen-bond donors (Lipinski definition) is 1. The fraction of sp³-hybridized carbons (Fsp3) is 0.263. The van der Waals surface area contributed by atoms with Crippen LogP contribution >= 0.6 is 15.9 Å². The molecule has 5 nitrogen and oxygen atoms in total. The minimum atomic E-state index is -0.281. The molecule has 0 bridgehead atoms. The molecule has 0 heterocycles. The highest BCUT2D eigenvalue weighted by molar-refractivity contribution is 9.10. The van der Waals surface area contributed by atoms with Gasteiger partial charge in [0.15, 0.2) is 11.5 Å². The van der Waals surface area contributed by atoms with Gasteiger partial charge in [0, 0.05) is 4.47 Å².